The molecular weight excluding hydrogens is 210 g/mol. The van der Waals surface area contributed by atoms with Crippen LogP contribution in [-0.2, 0) is 0 Å². The number of piperazine rings is 1. The molecule has 0 bridgehead atoms. The van der Waals surface area contributed by atoms with E-state index in [1.54, 1.807) is 0 Å². The molecule has 0 amide bonds. The maximum absolute atomic E-state index is 6.09. The average Bonchev–Trinajstić information content (AvgIpc) is 3.22. The molecule has 1 aliphatic carbocycles. The van der Waals surface area contributed by atoms with Gasteiger partial charge in [-0.15, -0.1) is 0 Å². The highest BCUT2D eigenvalue weighted by atomic mass is 15.3. The van der Waals surface area contributed by atoms with Crippen LogP contribution in [0.5, 0.6) is 0 Å². The Labute approximate surface area is 105 Å². The van der Waals surface area contributed by atoms with E-state index >= 15 is 0 Å². The molecule has 0 spiro atoms. The van der Waals surface area contributed by atoms with Crippen LogP contribution >= 0.6 is 0 Å². The van der Waals surface area contributed by atoms with Gasteiger partial charge in [0.25, 0.3) is 0 Å². The first-order chi connectivity index (χ1) is 8.24. The molecule has 2 aliphatic heterocycles. The summed E-state index contributed by atoms with van der Waals surface area (Å²) in [7, 11) is 0. The van der Waals surface area contributed by atoms with Crippen molar-refractivity contribution >= 4 is 0 Å². The second-order valence-electron chi connectivity index (χ2n) is 6.47. The monoisotopic (exact) mass is 237 g/mol. The number of rotatable bonds is 3. The number of hydrogen-bond acceptors (Lipinski definition) is 3. The Morgan fingerprint density at radius 3 is 2.65 bits per heavy atom. The lowest BCUT2D eigenvalue weighted by Gasteiger charge is -2.50. The van der Waals surface area contributed by atoms with Crippen LogP contribution in [0.15, 0.2) is 0 Å². The van der Waals surface area contributed by atoms with Gasteiger partial charge >= 0.3 is 0 Å². The molecule has 3 aliphatic rings. The zero-order valence-electron chi connectivity index (χ0n) is 11.2. The van der Waals surface area contributed by atoms with Crippen molar-refractivity contribution < 1.29 is 0 Å². The summed E-state index contributed by atoms with van der Waals surface area (Å²) in [6, 6.07) is 0.821. The van der Waals surface area contributed by atoms with Crippen molar-refractivity contribution in [3.05, 3.63) is 0 Å². The van der Waals surface area contributed by atoms with Crippen LogP contribution in [0, 0.1) is 5.92 Å². The highest BCUT2D eigenvalue weighted by Crippen LogP contribution is 2.43. The molecular formula is C14H27N3. The normalized spacial score (nSPS) is 35.3. The van der Waals surface area contributed by atoms with Gasteiger partial charge in [-0.1, -0.05) is 6.42 Å². The molecule has 98 valence electrons. The van der Waals surface area contributed by atoms with Crippen molar-refractivity contribution in [3.63, 3.8) is 0 Å². The van der Waals surface area contributed by atoms with E-state index in [2.05, 4.69) is 16.7 Å². The summed E-state index contributed by atoms with van der Waals surface area (Å²) < 4.78 is 0. The fraction of sp³-hybridized carbons (Fsp3) is 1.00. The molecule has 3 rings (SSSR count). The Morgan fingerprint density at radius 1 is 1.12 bits per heavy atom. The number of hydrogen-bond donors (Lipinski definition) is 1. The van der Waals surface area contributed by atoms with Gasteiger partial charge in [0.15, 0.2) is 0 Å². The Morgan fingerprint density at radius 2 is 1.94 bits per heavy atom. The molecule has 2 saturated heterocycles. The topological polar surface area (TPSA) is 32.5 Å². The number of nitrogens with zero attached hydrogens (tertiary/aromatic N) is 2. The van der Waals surface area contributed by atoms with Crippen LogP contribution in [0.25, 0.3) is 0 Å². The second-order valence-corrected chi connectivity index (χ2v) is 6.47. The molecule has 2 heterocycles. The number of fused-ring (bicyclic) bond motifs is 1. The van der Waals surface area contributed by atoms with Gasteiger partial charge in [0.1, 0.15) is 0 Å². The van der Waals surface area contributed by atoms with E-state index < -0.39 is 0 Å². The molecule has 0 aromatic rings. The predicted octanol–water partition coefficient (Wildman–Crippen LogP) is 1.28. The minimum Gasteiger partial charge on any atom is -0.329 e. The third-order valence-corrected chi connectivity index (χ3v) is 5.43. The lowest BCUT2D eigenvalue weighted by molar-refractivity contribution is -0.0128. The van der Waals surface area contributed by atoms with E-state index in [0.717, 1.165) is 18.5 Å². The van der Waals surface area contributed by atoms with Crippen molar-refractivity contribution in [1.29, 1.82) is 0 Å². The minimum atomic E-state index is 0.295. The molecule has 17 heavy (non-hydrogen) atoms. The van der Waals surface area contributed by atoms with Gasteiger partial charge in [0, 0.05) is 37.8 Å². The first kappa shape index (κ1) is 11.9. The van der Waals surface area contributed by atoms with E-state index in [1.165, 1.54) is 58.3 Å². The zero-order valence-corrected chi connectivity index (χ0v) is 11.2. The summed E-state index contributed by atoms with van der Waals surface area (Å²) in [6.45, 7) is 8.35. The SMILES string of the molecule is CC(CN)(C1CC1)N1CCN2CCCCC2C1. The maximum atomic E-state index is 6.09. The Balaban J connectivity index is 1.68. The smallest absolute Gasteiger partial charge is 0.0332 e. The van der Waals surface area contributed by atoms with Gasteiger partial charge in [-0.3, -0.25) is 9.80 Å². The van der Waals surface area contributed by atoms with Crippen molar-refractivity contribution in [2.45, 2.75) is 50.6 Å². The molecule has 0 aromatic heterocycles. The van der Waals surface area contributed by atoms with Crippen molar-refractivity contribution in [3.8, 4) is 0 Å². The molecule has 0 radical (unpaired) electrons. The molecule has 2 atom stereocenters. The summed E-state index contributed by atoms with van der Waals surface area (Å²) in [6.07, 6.45) is 7.05. The lowest BCUT2D eigenvalue weighted by atomic mass is 9.90. The van der Waals surface area contributed by atoms with Crippen molar-refractivity contribution in [2.24, 2.45) is 11.7 Å². The highest BCUT2D eigenvalue weighted by Gasteiger charge is 2.46. The van der Waals surface area contributed by atoms with Gasteiger partial charge in [-0.2, -0.15) is 0 Å². The Kier molecular flexibility index (Phi) is 3.18. The highest BCUT2D eigenvalue weighted by molar-refractivity contribution is 5.03. The zero-order chi connectivity index (χ0) is 11.9. The fourth-order valence-corrected chi connectivity index (χ4v) is 3.88. The fourth-order valence-electron chi connectivity index (χ4n) is 3.88. The van der Waals surface area contributed by atoms with Crippen LogP contribution < -0.4 is 5.73 Å². The molecule has 3 fully saturated rings. The van der Waals surface area contributed by atoms with Crippen LogP contribution in [0.3, 0.4) is 0 Å². The summed E-state index contributed by atoms with van der Waals surface area (Å²) in [5.74, 6) is 0.877. The van der Waals surface area contributed by atoms with E-state index in [0.29, 0.717) is 5.54 Å². The molecule has 3 nitrogen and oxygen atoms in total. The van der Waals surface area contributed by atoms with Gasteiger partial charge < -0.3 is 5.73 Å². The van der Waals surface area contributed by atoms with Gasteiger partial charge in [-0.05, 0) is 45.1 Å². The molecule has 1 saturated carbocycles. The van der Waals surface area contributed by atoms with Crippen LogP contribution in [-0.4, -0.2) is 54.1 Å². The largest absolute Gasteiger partial charge is 0.329 e. The molecule has 2 N–H and O–H groups in total. The quantitative estimate of drug-likeness (QED) is 0.803. The van der Waals surface area contributed by atoms with E-state index in [1.807, 2.05) is 0 Å². The standard InChI is InChI=1S/C14H27N3/c1-14(11-15,12-5-6-12)17-9-8-16-7-3-2-4-13(16)10-17/h12-13H,2-11,15H2,1H3. The minimum absolute atomic E-state index is 0.295. The summed E-state index contributed by atoms with van der Waals surface area (Å²) in [5, 5.41) is 0. The van der Waals surface area contributed by atoms with Crippen LogP contribution in [0.4, 0.5) is 0 Å². The van der Waals surface area contributed by atoms with Gasteiger partial charge in [0.2, 0.25) is 0 Å². The summed E-state index contributed by atoms with van der Waals surface area (Å²) >= 11 is 0. The van der Waals surface area contributed by atoms with Crippen molar-refractivity contribution in [2.75, 3.05) is 32.7 Å². The van der Waals surface area contributed by atoms with Gasteiger partial charge in [0.05, 0.1) is 0 Å². The first-order valence-electron chi connectivity index (χ1n) is 7.43. The first-order valence-corrected chi connectivity index (χ1v) is 7.43. The molecule has 2 unspecified atom stereocenters. The number of piperidine rings is 1. The van der Waals surface area contributed by atoms with Crippen molar-refractivity contribution in [1.82, 2.24) is 9.80 Å². The Bertz CT molecular complexity index is 277. The Hall–Kier alpha value is -0.120. The van der Waals surface area contributed by atoms with Gasteiger partial charge in [-0.25, -0.2) is 0 Å². The third-order valence-electron chi connectivity index (χ3n) is 5.43. The van der Waals surface area contributed by atoms with E-state index in [-0.39, 0.29) is 0 Å². The number of nitrogens with two attached hydrogens (primary N) is 1. The van der Waals surface area contributed by atoms with E-state index in [4.69, 9.17) is 5.73 Å². The summed E-state index contributed by atoms with van der Waals surface area (Å²) in [5.41, 5.74) is 6.39. The third kappa shape index (κ3) is 2.13. The predicted molar refractivity (Wildman–Crippen MR) is 71.0 cm³/mol. The second kappa shape index (κ2) is 4.52. The maximum Gasteiger partial charge on any atom is 0.0332 e. The van der Waals surface area contributed by atoms with E-state index in [9.17, 15) is 0 Å². The summed E-state index contributed by atoms with van der Waals surface area (Å²) in [4.78, 5) is 5.43. The van der Waals surface area contributed by atoms with Crippen LogP contribution in [0.1, 0.15) is 39.0 Å². The average molecular weight is 237 g/mol. The molecule has 0 aromatic carbocycles. The van der Waals surface area contributed by atoms with Crippen LogP contribution in [0.2, 0.25) is 0 Å². The molecule has 3 heteroatoms. The lowest BCUT2D eigenvalue weighted by Crippen LogP contribution is -2.63.